The van der Waals surface area contributed by atoms with Gasteiger partial charge in [0.25, 0.3) is 0 Å². The zero-order valence-corrected chi connectivity index (χ0v) is 18.3. The van der Waals surface area contributed by atoms with Gasteiger partial charge in [0.1, 0.15) is 18.2 Å². The van der Waals surface area contributed by atoms with Gasteiger partial charge in [0.2, 0.25) is 0 Å². The van der Waals surface area contributed by atoms with Crippen LogP contribution in [0.3, 0.4) is 0 Å². The van der Waals surface area contributed by atoms with Crippen molar-refractivity contribution >= 4 is 23.1 Å². The molecule has 2 N–H and O–H groups in total. The number of guanidine groups is 1. The third kappa shape index (κ3) is 5.15. The van der Waals surface area contributed by atoms with Crippen LogP contribution in [0.1, 0.15) is 22.9 Å². The zero-order chi connectivity index (χ0) is 20.8. The lowest BCUT2D eigenvalue weighted by molar-refractivity contribution is 0.643. The van der Waals surface area contributed by atoms with Gasteiger partial charge >= 0.3 is 0 Å². The van der Waals surface area contributed by atoms with Gasteiger partial charge in [-0.15, -0.1) is 21.5 Å². The first kappa shape index (κ1) is 20.3. The Morgan fingerprint density at radius 1 is 1.27 bits per heavy atom. The molecule has 3 aromatic rings. The molecular weight excluding hydrogens is 396 g/mol. The summed E-state index contributed by atoms with van der Waals surface area (Å²) in [4.78, 5) is 12.9. The second-order valence-electron chi connectivity index (χ2n) is 7.41. The molecule has 0 spiro atoms. The molecule has 1 unspecified atom stereocenters. The molecule has 8 nitrogen and oxygen atoms in total. The maximum absolute atomic E-state index is 4.79. The van der Waals surface area contributed by atoms with E-state index in [1.807, 2.05) is 36.9 Å². The van der Waals surface area contributed by atoms with Gasteiger partial charge in [0, 0.05) is 43.8 Å². The number of hydrogen-bond acceptors (Lipinski definition) is 6. The summed E-state index contributed by atoms with van der Waals surface area (Å²) < 4.78 is 1.98. The second-order valence-corrected chi connectivity index (χ2v) is 8.44. The molecule has 1 fully saturated rings. The van der Waals surface area contributed by atoms with Crippen LogP contribution in [-0.4, -0.2) is 51.4 Å². The van der Waals surface area contributed by atoms with E-state index in [4.69, 9.17) is 4.99 Å². The molecule has 1 aliphatic rings. The Bertz CT molecular complexity index is 951. The van der Waals surface area contributed by atoms with Gasteiger partial charge < -0.3 is 20.1 Å². The lowest BCUT2D eigenvalue weighted by Gasteiger charge is -2.20. The summed E-state index contributed by atoms with van der Waals surface area (Å²) >= 11 is 1.78. The van der Waals surface area contributed by atoms with E-state index < -0.39 is 0 Å². The highest BCUT2D eigenvalue weighted by molar-refractivity contribution is 7.09. The van der Waals surface area contributed by atoms with Crippen LogP contribution < -0.4 is 15.5 Å². The normalized spacial score (nSPS) is 16.8. The predicted molar refractivity (Wildman–Crippen MR) is 121 cm³/mol. The molecule has 0 radical (unpaired) electrons. The molecule has 4 rings (SSSR count). The fourth-order valence-electron chi connectivity index (χ4n) is 3.47. The van der Waals surface area contributed by atoms with Crippen LogP contribution in [0.2, 0.25) is 0 Å². The van der Waals surface area contributed by atoms with Crippen LogP contribution in [0.5, 0.6) is 0 Å². The molecule has 1 atom stereocenters. The summed E-state index contributed by atoms with van der Waals surface area (Å²) in [6.07, 6.45) is 3.87. The van der Waals surface area contributed by atoms with E-state index in [9.17, 15) is 0 Å². The highest BCUT2D eigenvalue weighted by Crippen LogP contribution is 2.17. The standard InChI is InChI=1S/C21H28N8S/c1-16-26-27-20(28(16)2)14-24-21(23-11-8-18-6-5-13-30-18)25-17-9-12-29(15-17)19-7-3-4-10-22-19/h3-7,10,13,17H,8-9,11-12,14-15H2,1-2H3,(H2,23,24,25). The number of nitrogens with one attached hydrogen (secondary N) is 2. The minimum Gasteiger partial charge on any atom is -0.356 e. The molecule has 0 bridgehead atoms. The maximum Gasteiger partial charge on any atom is 0.192 e. The molecule has 0 aliphatic carbocycles. The van der Waals surface area contributed by atoms with Crippen molar-refractivity contribution in [3.8, 4) is 0 Å². The summed E-state index contributed by atoms with van der Waals surface area (Å²) in [5.41, 5.74) is 0. The van der Waals surface area contributed by atoms with Gasteiger partial charge in [-0.05, 0) is 43.3 Å². The molecule has 1 saturated heterocycles. The molecule has 158 valence electrons. The number of rotatable bonds is 7. The number of thiophene rings is 1. The van der Waals surface area contributed by atoms with Crippen LogP contribution in [0.25, 0.3) is 0 Å². The highest BCUT2D eigenvalue weighted by Gasteiger charge is 2.24. The van der Waals surface area contributed by atoms with Crippen LogP contribution in [0.4, 0.5) is 5.82 Å². The van der Waals surface area contributed by atoms with Crippen molar-refractivity contribution in [1.82, 2.24) is 30.4 Å². The number of aromatic nitrogens is 4. The van der Waals surface area contributed by atoms with Crippen LogP contribution >= 0.6 is 11.3 Å². The monoisotopic (exact) mass is 424 g/mol. The van der Waals surface area contributed by atoms with Gasteiger partial charge in [0.15, 0.2) is 11.8 Å². The molecule has 1 aliphatic heterocycles. The van der Waals surface area contributed by atoms with Crippen molar-refractivity contribution in [3.63, 3.8) is 0 Å². The lowest BCUT2D eigenvalue weighted by Crippen LogP contribution is -2.45. The first-order valence-electron chi connectivity index (χ1n) is 10.3. The smallest absolute Gasteiger partial charge is 0.192 e. The SMILES string of the molecule is Cc1nnc(CN=C(NCCc2cccs2)NC2CCN(c3ccccn3)C2)n1C. The summed E-state index contributed by atoms with van der Waals surface area (Å²) in [6, 6.07) is 10.6. The Morgan fingerprint density at radius 2 is 2.20 bits per heavy atom. The fourth-order valence-corrected chi connectivity index (χ4v) is 4.18. The number of pyridine rings is 1. The summed E-state index contributed by atoms with van der Waals surface area (Å²) in [5, 5.41) is 17.6. The van der Waals surface area contributed by atoms with Gasteiger partial charge in [-0.25, -0.2) is 9.98 Å². The number of aryl methyl sites for hydroxylation is 1. The highest BCUT2D eigenvalue weighted by atomic mass is 32.1. The summed E-state index contributed by atoms with van der Waals surface area (Å²) in [5.74, 6) is 3.59. The van der Waals surface area contributed by atoms with Crippen LogP contribution in [-0.2, 0) is 20.0 Å². The van der Waals surface area contributed by atoms with E-state index >= 15 is 0 Å². The first-order valence-corrected chi connectivity index (χ1v) is 11.1. The predicted octanol–water partition coefficient (Wildman–Crippen LogP) is 2.14. The number of aliphatic imine (C=N–C) groups is 1. The number of nitrogens with zero attached hydrogens (tertiary/aromatic N) is 6. The van der Waals surface area contributed by atoms with E-state index in [-0.39, 0.29) is 0 Å². The van der Waals surface area contributed by atoms with Crippen LogP contribution in [0, 0.1) is 6.92 Å². The average Bonchev–Trinajstić information content (AvgIpc) is 3.51. The minimum atomic E-state index is 0.321. The Morgan fingerprint density at radius 3 is 2.93 bits per heavy atom. The Balaban J connectivity index is 1.38. The molecule has 30 heavy (non-hydrogen) atoms. The van der Waals surface area contributed by atoms with Gasteiger partial charge in [-0.3, -0.25) is 0 Å². The van der Waals surface area contributed by atoms with E-state index in [0.29, 0.717) is 12.6 Å². The average molecular weight is 425 g/mol. The van der Waals surface area contributed by atoms with E-state index in [0.717, 1.165) is 55.9 Å². The largest absolute Gasteiger partial charge is 0.356 e. The second kappa shape index (κ2) is 9.71. The maximum atomic E-state index is 4.79. The van der Waals surface area contributed by atoms with Crippen molar-refractivity contribution in [3.05, 3.63) is 58.4 Å². The van der Waals surface area contributed by atoms with Crippen LogP contribution in [0.15, 0.2) is 46.9 Å². The molecule has 4 heterocycles. The Hall–Kier alpha value is -2.94. The fraction of sp³-hybridized carbons (Fsp3) is 0.429. The first-order chi connectivity index (χ1) is 14.7. The Kier molecular flexibility index (Phi) is 6.58. The third-order valence-corrected chi connectivity index (χ3v) is 6.24. The molecule has 0 aromatic carbocycles. The van der Waals surface area contributed by atoms with Gasteiger partial charge in [0.05, 0.1) is 0 Å². The molecule has 3 aromatic heterocycles. The topological polar surface area (TPSA) is 83.3 Å². The quantitative estimate of drug-likeness (QED) is 0.447. The third-order valence-electron chi connectivity index (χ3n) is 5.31. The Labute approximate surface area is 181 Å². The van der Waals surface area contributed by atoms with E-state index in [1.54, 1.807) is 11.3 Å². The number of anilines is 1. The molecule has 9 heteroatoms. The van der Waals surface area contributed by atoms with Gasteiger partial charge in [-0.1, -0.05) is 12.1 Å². The lowest BCUT2D eigenvalue weighted by atomic mass is 10.3. The zero-order valence-electron chi connectivity index (χ0n) is 17.5. The molecule has 0 saturated carbocycles. The van der Waals surface area contributed by atoms with E-state index in [1.165, 1.54) is 4.88 Å². The van der Waals surface area contributed by atoms with Gasteiger partial charge in [-0.2, -0.15) is 0 Å². The van der Waals surface area contributed by atoms with Crippen molar-refractivity contribution < 1.29 is 0 Å². The van der Waals surface area contributed by atoms with Crippen molar-refractivity contribution in [2.75, 3.05) is 24.5 Å². The minimum absolute atomic E-state index is 0.321. The van der Waals surface area contributed by atoms with Crippen molar-refractivity contribution in [2.45, 2.75) is 32.4 Å². The molecule has 0 amide bonds. The van der Waals surface area contributed by atoms with E-state index in [2.05, 4.69) is 54.3 Å². The van der Waals surface area contributed by atoms with Crippen molar-refractivity contribution in [1.29, 1.82) is 0 Å². The molecular formula is C21H28N8S. The number of hydrogen-bond donors (Lipinski definition) is 2. The summed E-state index contributed by atoms with van der Waals surface area (Å²) in [6.45, 7) is 5.16. The van der Waals surface area contributed by atoms with Crippen molar-refractivity contribution in [2.24, 2.45) is 12.0 Å². The summed E-state index contributed by atoms with van der Waals surface area (Å²) in [7, 11) is 1.97.